The highest BCUT2D eigenvalue weighted by atomic mass is 16.6. The van der Waals surface area contributed by atoms with Crippen molar-refractivity contribution in [3.05, 3.63) is 23.5 Å². The lowest BCUT2D eigenvalue weighted by Crippen LogP contribution is -2.49. The van der Waals surface area contributed by atoms with Gasteiger partial charge in [-0.25, -0.2) is 0 Å². The molecule has 0 amide bonds. The fourth-order valence-corrected chi connectivity index (χ4v) is 2.71. The molecule has 0 aliphatic carbocycles. The molecule has 22 heavy (non-hydrogen) atoms. The van der Waals surface area contributed by atoms with E-state index in [1.165, 1.54) is 0 Å². The van der Waals surface area contributed by atoms with Crippen LogP contribution in [0.15, 0.2) is 12.1 Å². The first-order chi connectivity index (χ1) is 10.2. The van der Waals surface area contributed by atoms with Crippen LogP contribution in [0.2, 0.25) is 0 Å². The average Bonchev–Trinajstić information content (AvgIpc) is 2.35. The van der Waals surface area contributed by atoms with Gasteiger partial charge in [-0.05, 0) is 47.5 Å². The summed E-state index contributed by atoms with van der Waals surface area (Å²) in [6, 6.07) is 3.90. The van der Waals surface area contributed by atoms with Gasteiger partial charge in [-0.1, -0.05) is 0 Å². The number of likely N-dealkylation sites (tertiary alicyclic amines) is 1. The number of rotatable bonds is 4. The highest BCUT2D eigenvalue weighted by Crippen LogP contribution is 2.22. The Morgan fingerprint density at radius 2 is 1.91 bits per heavy atom. The highest BCUT2D eigenvalue weighted by molar-refractivity contribution is 5.26. The van der Waals surface area contributed by atoms with Crippen molar-refractivity contribution in [1.82, 2.24) is 9.88 Å². The zero-order chi connectivity index (χ0) is 16.3. The van der Waals surface area contributed by atoms with Gasteiger partial charge in [-0.2, -0.15) is 0 Å². The molecule has 0 bridgehead atoms. The van der Waals surface area contributed by atoms with Crippen molar-refractivity contribution in [3.8, 4) is 5.75 Å². The van der Waals surface area contributed by atoms with E-state index in [9.17, 15) is 5.11 Å². The number of ether oxygens (including phenoxy) is 2. The molecule has 124 valence electrons. The number of aliphatic hydroxyl groups excluding tert-OH is 1. The van der Waals surface area contributed by atoms with Gasteiger partial charge < -0.3 is 14.6 Å². The van der Waals surface area contributed by atoms with Crippen LogP contribution < -0.4 is 4.74 Å². The first kappa shape index (κ1) is 17.2. The lowest BCUT2D eigenvalue weighted by Gasteiger charge is -2.37. The molecule has 1 aromatic rings. The van der Waals surface area contributed by atoms with E-state index in [0.717, 1.165) is 36.5 Å². The largest absolute Gasteiger partial charge is 0.489 e. The fourth-order valence-electron chi connectivity index (χ4n) is 2.71. The van der Waals surface area contributed by atoms with Crippen molar-refractivity contribution in [2.24, 2.45) is 0 Å². The summed E-state index contributed by atoms with van der Waals surface area (Å²) < 4.78 is 11.7. The molecule has 5 heteroatoms. The summed E-state index contributed by atoms with van der Waals surface area (Å²) in [5.41, 5.74) is 1.55. The van der Waals surface area contributed by atoms with Gasteiger partial charge in [0.2, 0.25) is 6.41 Å². The minimum Gasteiger partial charge on any atom is -0.489 e. The van der Waals surface area contributed by atoms with Crippen LogP contribution in [0, 0.1) is 13.8 Å². The first-order valence-electron chi connectivity index (χ1n) is 7.95. The molecule has 0 radical (unpaired) electrons. The molecule has 2 unspecified atom stereocenters. The van der Waals surface area contributed by atoms with Crippen LogP contribution >= 0.6 is 0 Å². The van der Waals surface area contributed by atoms with Gasteiger partial charge in [0.1, 0.15) is 11.9 Å². The van der Waals surface area contributed by atoms with Crippen molar-refractivity contribution < 1.29 is 14.6 Å². The normalized spacial score (nSPS) is 21.6. The third-order valence-electron chi connectivity index (χ3n) is 3.54. The monoisotopic (exact) mass is 308 g/mol. The lowest BCUT2D eigenvalue weighted by molar-refractivity contribution is -0.246. The SMILES string of the molecule is Cc1cc(OC2CCCN(C(O)OC(C)(C)C)C2)cc(C)n1. The third kappa shape index (κ3) is 5.23. The Kier molecular flexibility index (Phi) is 5.42. The van der Waals surface area contributed by atoms with Crippen molar-refractivity contribution in [3.63, 3.8) is 0 Å². The molecule has 2 heterocycles. The maximum absolute atomic E-state index is 10.2. The average molecular weight is 308 g/mol. The number of hydrogen-bond donors (Lipinski definition) is 1. The number of hydrogen-bond acceptors (Lipinski definition) is 5. The van der Waals surface area contributed by atoms with Crippen LogP contribution in [0.1, 0.15) is 45.0 Å². The van der Waals surface area contributed by atoms with Gasteiger partial charge in [0, 0.05) is 36.6 Å². The smallest absolute Gasteiger partial charge is 0.216 e. The molecule has 1 aromatic heterocycles. The van der Waals surface area contributed by atoms with E-state index in [4.69, 9.17) is 9.47 Å². The standard InChI is InChI=1S/C17H28N2O3/c1-12-9-15(10-13(2)18-12)21-14-7-6-8-19(11-14)16(20)22-17(3,4)5/h9-10,14,16,20H,6-8,11H2,1-5H3. The molecular weight excluding hydrogens is 280 g/mol. The zero-order valence-corrected chi connectivity index (χ0v) is 14.3. The highest BCUT2D eigenvalue weighted by Gasteiger charge is 2.29. The number of aliphatic hydroxyl groups is 1. The molecule has 1 aliphatic rings. The molecule has 1 fully saturated rings. The van der Waals surface area contributed by atoms with Crippen LogP contribution in [0.4, 0.5) is 0 Å². The van der Waals surface area contributed by atoms with Gasteiger partial charge >= 0.3 is 0 Å². The second-order valence-corrected chi connectivity index (χ2v) is 7.02. The molecule has 0 aromatic carbocycles. The Morgan fingerprint density at radius 3 is 2.50 bits per heavy atom. The van der Waals surface area contributed by atoms with Gasteiger partial charge in [0.25, 0.3) is 0 Å². The van der Waals surface area contributed by atoms with Crippen LogP contribution in [0.3, 0.4) is 0 Å². The Hall–Kier alpha value is -1.17. The van der Waals surface area contributed by atoms with Crippen LogP contribution in [0.5, 0.6) is 5.75 Å². The molecule has 1 N–H and O–H groups in total. The van der Waals surface area contributed by atoms with Crippen molar-refractivity contribution in [2.75, 3.05) is 13.1 Å². The van der Waals surface area contributed by atoms with E-state index in [1.54, 1.807) is 0 Å². The summed E-state index contributed by atoms with van der Waals surface area (Å²) in [6.07, 6.45) is 1.15. The number of aryl methyl sites for hydroxylation is 2. The number of aromatic nitrogens is 1. The summed E-state index contributed by atoms with van der Waals surface area (Å²) in [5, 5.41) is 10.2. The number of nitrogens with zero attached hydrogens (tertiary/aromatic N) is 2. The van der Waals surface area contributed by atoms with Crippen molar-refractivity contribution in [1.29, 1.82) is 0 Å². The topological polar surface area (TPSA) is 54.8 Å². The van der Waals surface area contributed by atoms with Gasteiger partial charge in [-0.15, -0.1) is 0 Å². The summed E-state index contributed by atoms with van der Waals surface area (Å²) in [6.45, 7) is 11.2. The van der Waals surface area contributed by atoms with Gasteiger partial charge in [0.05, 0.1) is 5.60 Å². The Balaban J connectivity index is 1.95. The minimum absolute atomic E-state index is 0.0631. The fraction of sp³-hybridized carbons (Fsp3) is 0.706. The predicted molar refractivity (Wildman–Crippen MR) is 85.8 cm³/mol. The summed E-state index contributed by atoms with van der Waals surface area (Å²) in [5.74, 6) is 0.850. The maximum Gasteiger partial charge on any atom is 0.216 e. The van der Waals surface area contributed by atoms with Crippen LogP contribution in [0.25, 0.3) is 0 Å². The van der Waals surface area contributed by atoms with E-state index in [-0.39, 0.29) is 11.7 Å². The van der Waals surface area contributed by atoms with E-state index in [0.29, 0.717) is 6.54 Å². The molecule has 1 saturated heterocycles. The molecule has 0 spiro atoms. The number of piperidine rings is 1. The van der Waals surface area contributed by atoms with Gasteiger partial charge in [0.15, 0.2) is 0 Å². The maximum atomic E-state index is 10.2. The van der Waals surface area contributed by atoms with E-state index in [2.05, 4.69) is 4.98 Å². The second-order valence-electron chi connectivity index (χ2n) is 7.02. The summed E-state index contributed by atoms with van der Waals surface area (Å²) in [7, 11) is 0. The summed E-state index contributed by atoms with van der Waals surface area (Å²) in [4.78, 5) is 6.29. The molecule has 0 saturated carbocycles. The van der Waals surface area contributed by atoms with E-state index < -0.39 is 6.41 Å². The second kappa shape index (κ2) is 6.94. The zero-order valence-electron chi connectivity index (χ0n) is 14.3. The quantitative estimate of drug-likeness (QED) is 0.867. The van der Waals surface area contributed by atoms with Gasteiger partial charge in [-0.3, -0.25) is 9.88 Å². The summed E-state index contributed by atoms with van der Waals surface area (Å²) >= 11 is 0. The van der Waals surface area contributed by atoms with E-state index >= 15 is 0 Å². The minimum atomic E-state index is -0.882. The molecule has 2 atom stereocenters. The van der Waals surface area contributed by atoms with Crippen LogP contribution in [-0.2, 0) is 4.74 Å². The first-order valence-corrected chi connectivity index (χ1v) is 7.95. The number of pyridine rings is 1. The Morgan fingerprint density at radius 1 is 1.27 bits per heavy atom. The lowest BCUT2D eigenvalue weighted by atomic mass is 10.1. The molecular formula is C17H28N2O3. The Labute approximate surface area is 133 Å². The molecule has 1 aliphatic heterocycles. The van der Waals surface area contributed by atoms with Crippen LogP contribution in [-0.4, -0.2) is 46.2 Å². The molecule has 5 nitrogen and oxygen atoms in total. The predicted octanol–water partition coefficient (Wildman–Crippen LogP) is 2.63. The Bertz CT molecular complexity index is 479. The van der Waals surface area contributed by atoms with Crippen molar-refractivity contribution in [2.45, 2.75) is 65.6 Å². The van der Waals surface area contributed by atoms with Crippen molar-refractivity contribution >= 4 is 0 Å². The molecule has 2 rings (SSSR count). The van der Waals surface area contributed by atoms with E-state index in [1.807, 2.05) is 51.7 Å². The third-order valence-corrected chi connectivity index (χ3v) is 3.54.